The Labute approximate surface area is 80.3 Å². The Hall–Kier alpha value is -0.530. The van der Waals surface area contributed by atoms with Crippen LogP contribution in [0, 0.1) is 5.41 Å². The van der Waals surface area contributed by atoms with Gasteiger partial charge in [-0.3, -0.25) is 4.79 Å². The smallest absolute Gasteiger partial charge is 0.228 e. The summed E-state index contributed by atoms with van der Waals surface area (Å²) in [7, 11) is 0. The molecule has 1 saturated carbocycles. The van der Waals surface area contributed by atoms with Gasteiger partial charge in [0, 0.05) is 18.5 Å². The highest BCUT2D eigenvalue weighted by Crippen LogP contribution is 2.42. The number of carbonyl (C=O) groups is 1. The van der Waals surface area contributed by atoms with Crippen LogP contribution in [0.1, 0.15) is 45.4 Å². The average Bonchev–Trinajstić information content (AvgIpc) is 2.14. The first-order valence-corrected chi connectivity index (χ1v) is 5.52. The van der Waals surface area contributed by atoms with Crippen molar-refractivity contribution in [1.82, 2.24) is 4.90 Å². The third-order valence-corrected chi connectivity index (χ3v) is 3.62. The van der Waals surface area contributed by atoms with Crippen LogP contribution in [0.2, 0.25) is 0 Å². The molecule has 0 aromatic rings. The monoisotopic (exact) mass is 181 g/mol. The molecule has 1 heterocycles. The van der Waals surface area contributed by atoms with E-state index < -0.39 is 0 Å². The van der Waals surface area contributed by atoms with Crippen molar-refractivity contribution in [1.29, 1.82) is 0 Å². The Morgan fingerprint density at radius 3 is 2.15 bits per heavy atom. The summed E-state index contributed by atoms with van der Waals surface area (Å²) in [6.45, 7) is 4.15. The molecule has 2 heteroatoms. The second-order valence-corrected chi connectivity index (χ2v) is 4.77. The van der Waals surface area contributed by atoms with Gasteiger partial charge in [-0.2, -0.15) is 0 Å². The van der Waals surface area contributed by atoms with Gasteiger partial charge in [-0.25, -0.2) is 0 Å². The Bertz CT molecular complexity index is 202. The number of piperidine rings is 1. The number of hydrogen-bond donors (Lipinski definition) is 0. The summed E-state index contributed by atoms with van der Waals surface area (Å²) < 4.78 is 0. The van der Waals surface area contributed by atoms with Gasteiger partial charge in [-0.1, -0.05) is 13.3 Å². The van der Waals surface area contributed by atoms with Crippen molar-refractivity contribution in [2.75, 3.05) is 13.1 Å². The summed E-state index contributed by atoms with van der Waals surface area (Å²) in [4.78, 5) is 14.1. The first-order valence-electron chi connectivity index (χ1n) is 5.52. The summed E-state index contributed by atoms with van der Waals surface area (Å²) >= 11 is 0. The van der Waals surface area contributed by atoms with Crippen LogP contribution in [0.25, 0.3) is 0 Å². The number of carbonyl (C=O) groups excluding carboxylic acids is 1. The minimum Gasteiger partial charge on any atom is -0.342 e. The van der Waals surface area contributed by atoms with Crippen LogP contribution in [-0.2, 0) is 4.79 Å². The van der Waals surface area contributed by atoms with Gasteiger partial charge in [0.25, 0.3) is 0 Å². The van der Waals surface area contributed by atoms with E-state index in [9.17, 15) is 4.79 Å². The molecule has 13 heavy (non-hydrogen) atoms. The van der Waals surface area contributed by atoms with E-state index in [1.54, 1.807) is 0 Å². The van der Waals surface area contributed by atoms with E-state index in [1.165, 1.54) is 25.7 Å². The fourth-order valence-corrected chi connectivity index (χ4v) is 2.40. The van der Waals surface area contributed by atoms with E-state index in [1.807, 2.05) is 0 Å². The second-order valence-electron chi connectivity index (χ2n) is 4.77. The maximum atomic E-state index is 12.0. The summed E-state index contributed by atoms with van der Waals surface area (Å²) in [5, 5.41) is 0. The molecule has 1 saturated heterocycles. The molecular formula is C11H19NO. The molecule has 0 aromatic carbocycles. The first-order chi connectivity index (χ1) is 6.22. The molecule has 2 nitrogen and oxygen atoms in total. The van der Waals surface area contributed by atoms with Crippen molar-refractivity contribution in [2.24, 2.45) is 5.41 Å². The van der Waals surface area contributed by atoms with Crippen LogP contribution in [0.4, 0.5) is 0 Å². The Balaban J connectivity index is 1.95. The van der Waals surface area contributed by atoms with E-state index in [0.29, 0.717) is 5.91 Å². The highest BCUT2D eigenvalue weighted by molar-refractivity contribution is 5.83. The van der Waals surface area contributed by atoms with Crippen molar-refractivity contribution >= 4 is 5.91 Å². The number of nitrogens with zero attached hydrogens (tertiary/aromatic N) is 1. The predicted molar refractivity (Wildman–Crippen MR) is 52.4 cm³/mol. The van der Waals surface area contributed by atoms with Crippen molar-refractivity contribution in [3.05, 3.63) is 0 Å². The normalized spacial score (nSPS) is 26.7. The Morgan fingerprint density at radius 2 is 1.69 bits per heavy atom. The Morgan fingerprint density at radius 1 is 1.08 bits per heavy atom. The third-order valence-electron chi connectivity index (χ3n) is 3.62. The van der Waals surface area contributed by atoms with E-state index in [0.717, 1.165) is 25.9 Å². The molecule has 2 rings (SSSR count). The molecule has 0 atom stereocenters. The third kappa shape index (κ3) is 1.59. The van der Waals surface area contributed by atoms with Crippen molar-refractivity contribution in [3.63, 3.8) is 0 Å². The number of amides is 1. The van der Waals surface area contributed by atoms with Gasteiger partial charge in [0.15, 0.2) is 0 Å². The maximum Gasteiger partial charge on any atom is 0.228 e. The minimum absolute atomic E-state index is 0.0251. The Kier molecular flexibility index (Phi) is 2.31. The lowest BCUT2D eigenvalue weighted by atomic mass is 9.69. The average molecular weight is 181 g/mol. The summed E-state index contributed by atoms with van der Waals surface area (Å²) in [6.07, 6.45) is 7.20. The molecular weight excluding hydrogens is 162 g/mol. The number of rotatable bonds is 1. The molecule has 1 aliphatic carbocycles. The van der Waals surface area contributed by atoms with Gasteiger partial charge < -0.3 is 4.90 Å². The molecule has 0 aromatic heterocycles. The predicted octanol–water partition coefficient (Wildman–Crippen LogP) is 2.19. The first kappa shape index (κ1) is 9.04. The molecule has 0 unspecified atom stereocenters. The summed E-state index contributed by atoms with van der Waals surface area (Å²) in [5.74, 6) is 0.429. The van der Waals surface area contributed by atoms with E-state index in [-0.39, 0.29) is 5.41 Å². The SMILES string of the molecule is CC1(C(=O)N2CCCCC2)CCC1. The molecule has 2 aliphatic rings. The fourth-order valence-electron chi connectivity index (χ4n) is 2.40. The van der Waals surface area contributed by atoms with Crippen molar-refractivity contribution in [2.45, 2.75) is 45.4 Å². The van der Waals surface area contributed by atoms with Crippen LogP contribution in [0.15, 0.2) is 0 Å². The van der Waals surface area contributed by atoms with Crippen LogP contribution < -0.4 is 0 Å². The maximum absolute atomic E-state index is 12.0. The number of likely N-dealkylation sites (tertiary alicyclic amines) is 1. The molecule has 1 amide bonds. The van der Waals surface area contributed by atoms with Gasteiger partial charge in [0.05, 0.1) is 0 Å². The van der Waals surface area contributed by atoms with Crippen LogP contribution >= 0.6 is 0 Å². The van der Waals surface area contributed by atoms with E-state index in [2.05, 4.69) is 11.8 Å². The zero-order valence-electron chi connectivity index (χ0n) is 8.51. The van der Waals surface area contributed by atoms with Gasteiger partial charge in [-0.05, 0) is 32.1 Å². The topological polar surface area (TPSA) is 20.3 Å². The summed E-state index contributed by atoms with van der Waals surface area (Å²) in [5.41, 5.74) is 0.0251. The number of hydrogen-bond acceptors (Lipinski definition) is 1. The second kappa shape index (κ2) is 3.32. The lowest BCUT2D eigenvalue weighted by Crippen LogP contribution is -2.47. The van der Waals surface area contributed by atoms with Gasteiger partial charge in [-0.15, -0.1) is 0 Å². The van der Waals surface area contributed by atoms with Crippen LogP contribution in [-0.4, -0.2) is 23.9 Å². The largest absolute Gasteiger partial charge is 0.342 e. The molecule has 1 aliphatic heterocycles. The van der Waals surface area contributed by atoms with E-state index in [4.69, 9.17) is 0 Å². The van der Waals surface area contributed by atoms with Gasteiger partial charge >= 0.3 is 0 Å². The fraction of sp³-hybridized carbons (Fsp3) is 0.909. The lowest BCUT2D eigenvalue weighted by molar-refractivity contribution is -0.146. The highest BCUT2D eigenvalue weighted by atomic mass is 16.2. The van der Waals surface area contributed by atoms with E-state index >= 15 is 0 Å². The van der Waals surface area contributed by atoms with Crippen LogP contribution in [0.5, 0.6) is 0 Å². The summed E-state index contributed by atoms with van der Waals surface area (Å²) in [6, 6.07) is 0. The quantitative estimate of drug-likeness (QED) is 0.607. The molecule has 0 spiro atoms. The molecule has 0 N–H and O–H groups in total. The molecule has 0 radical (unpaired) electrons. The molecule has 74 valence electrons. The molecule has 2 fully saturated rings. The van der Waals surface area contributed by atoms with Gasteiger partial charge in [0.2, 0.25) is 5.91 Å². The zero-order chi connectivity index (χ0) is 9.31. The zero-order valence-corrected chi connectivity index (χ0v) is 8.51. The molecule has 0 bridgehead atoms. The highest BCUT2D eigenvalue weighted by Gasteiger charge is 2.41. The van der Waals surface area contributed by atoms with Gasteiger partial charge in [0.1, 0.15) is 0 Å². The van der Waals surface area contributed by atoms with Crippen LogP contribution in [0.3, 0.4) is 0 Å². The van der Waals surface area contributed by atoms with Crippen molar-refractivity contribution in [3.8, 4) is 0 Å². The minimum atomic E-state index is 0.0251. The standard InChI is InChI=1S/C11H19NO/c1-11(6-5-7-11)10(13)12-8-3-2-4-9-12/h2-9H2,1H3. The van der Waals surface area contributed by atoms with Crippen molar-refractivity contribution < 1.29 is 4.79 Å². The lowest BCUT2D eigenvalue weighted by Gasteiger charge is -2.41.